The molecule has 188 valence electrons. The minimum Gasteiger partial charge on any atom is -0.489 e. The summed E-state index contributed by atoms with van der Waals surface area (Å²) >= 11 is 1.57. The van der Waals surface area contributed by atoms with E-state index in [1.165, 1.54) is 0 Å². The predicted molar refractivity (Wildman–Crippen MR) is 146 cm³/mol. The van der Waals surface area contributed by atoms with E-state index >= 15 is 0 Å². The lowest BCUT2D eigenvalue weighted by Crippen LogP contribution is -2.29. The maximum atomic E-state index is 12.1. The first-order valence-corrected chi connectivity index (χ1v) is 11.8. The third-order valence-corrected chi connectivity index (χ3v) is 7.17. The van der Waals surface area contributed by atoms with Crippen molar-refractivity contribution in [3.05, 3.63) is 64.5 Å². The lowest BCUT2D eigenvalue weighted by molar-refractivity contribution is -0.138. The predicted octanol–water partition coefficient (Wildman–Crippen LogP) is 5.28. The van der Waals surface area contributed by atoms with Crippen LogP contribution in [0.5, 0.6) is 5.75 Å². The molecule has 5 N–H and O–H groups in total. The number of aliphatic carboxylic acids is 1. The third kappa shape index (κ3) is 6.66. The molecule has 1 saturated heterocycles. The van der Waals surface area contributed by atoms with Gasteiger partial charge < -0.3 is 20.5 Å². The van der Waals surface area contributed by atoms with Crippen LogP contribution >= 0.6 is 36.2 Å². The second kappa shape index (κ2) is 12.2. The number of carbonyl (C=O) groups is 1. The highest BCUT2D eigenvalue weighted by molar-refractivity contribution is 7.19. The first-order valence-electron chi connectivity index (χ1n) is 11.0. The van der Waals surface area contributed by atoms with Gasteiger partial charge in [0, 0.05) is 34.5 Å². The van der Waals surface area contributed by atoms with Crippen molar-refractivity contribution < 1.29 is 14.6 Å². The fourth-order valence-corrected chi connectivity index (χ4v) is 5.27. The van der Waals surface area contributed by atoms with Crippen molar-refractivity contribution in [2.45, 2.75) is 38.2 Å². The molecule has 0 spiro atoms. The molecule has 10 heteroatoms. The van der Waals surface area contributed by atoms with E-state index in [4.69, 9.17) is 21.3 Å². The van der Waals surface area contributed by atoms with Gasteiger partial charge in [-0.1, -0.05) is 19.1 Å². The molecule has 0 bridgehead atoms. The molecule has 1 unspecified atom stereocenters. The summed E-state index contributed by atoms with van der Waals surface area (Å²) in [4.78, 5) is 15.1. The summed E-state index contributed by atoms with van der Waals surface area (Å²) in [6.45, 7) is 3.53. The average molecular weight is 538 g/mol. The molecule has 3 aromatic rings. The largest absolute Gasteiger partial charge is 0.489 e. The van der Waals surface area contributed by atoms with Crippen LogP contribution in [0.3, 0.4) is 0 Å². The van der Waals surface area contributed by atoms with Crippen LogP contribution in [-0.4, -0.2) is 46.8 Å². The molecule has 35 heavy (non-hydrogen) atoms. The average Bonchev–Trinajstić information content (AvgIpc) is 3.43. The Bertz CT molecular complexity index is 1200. The molecule has 4 rings (SSSR count). The third-order valence-electron chi connectivity index (χ3n) is 6.03. The number of nitrogens with two attached hydrogens (primary N) is 1. The Kier molecular flexibility index (Phi) is 9.94. The van der Waals surface area contributed by atoms with Crippen molar-refractivity contribution in [3.63, 3.8) is 0 Å². The zero-order valence-electron chi connectivity index (χ0n) is 19.3. The Balaban J connectivity index is 0.00000216. The molecule has 0 amide bonds. The van der Waals surface area contributed by atoms with Gasteiger partial charge in [0.05, 0.1) is 18.3 Å². The van der Waals surface area contributed by atoms with Crippen molar-refractivity contribution in [2.24, 2.45) is 5.73 Å². The van der Waals surface area contributed by atoms with Gasteiger partial charge in [0.25, 0.3) is 0 Å². The molecule has 1 aromatic heterocycles. The van der Waals surface area contributed by atoms with Gasteiger partial charge in [-0.15, -0.1) is 36.2 Å². The number of benzene rings is 2. The number of fused-ring (bicyclic) bond motifs is 1. The minimum absolute atomic E-state index is 0. The number of halogens is 2. The molecule has 1 aliphatic rings. The Morgan fingerprint density at radius 2 is 1.91 bits per heavy atom. The van der Waals surface area contributed by atoms with E-state index in [9.17, 15) is 9.90 Å². The summed E-state index contributed by atoms with van der Waals surface area (Å²) in [5.41, 5.74) is 6.98. The van der Waals surface area contributed by atoms with Crippen LogP contribution in [0.1, 0.15) is 41.7 Å². The Morgan fingerprint density at radius 1 is 1.20 bits per heavy atom. The van der Waals surface area contributed by atoms with E-state index in [-0.39, 0.29) is 36.8 Å². The highest BCUT2D eigenvalue weighted by Gasteiger charge is 2.26. The van der Waals surface area contributed by atoms with Crippen LogP contribution in [0.25, 0.3) is 10.1 Å². The molecule has 7 nitrogen and oxygen atoms in total. The molecule has 0 saturated carbocycles. The summed E-state index contributed by atoms with van der Waals surface area (Å²) in [7, 11) is 0. The molecule has 2 atom stereocenters. The van der Waals surface area contributed by atoms with Gasteiger partial charge in [0.1, 0.15) is 17.7 Å². The number of ether oxygens (including phenoxy) is 1. The standard InChI is InChI=1S/C25H28N4O3S.2ClH/c1-2-23(26)29-10-9-19(14-29)32-18-6-3-15(4-7-18)21(25(30)31)13-20-12-17-11-16(24(27)28)5-8-22(17)33-20;;/h3-8,11-12,19,21,26H,2,9-10,13-14H2,1H3,(H3,27,28)(H,30,31);2*1H/t19-,21?;;/m0../s1. The highest BCUT2D eigenvalue weighted by Crippen LogP contribution is 2.32. The number of amidine groups is 2. The van der Waals surface area contributed by atoms with E-state index in [2.05, 4.69) is 0 Å². The zero-order chi connectivity index (χ0) is 23.5. The van der Waals surface area contributed by atoms with E-state index < -0.39 is 11.9 Å². The fraction of sp³-hybridized carbons (Fsp3) is 0.320. The number of nitrogens with one attached hydrogen (secondary N) is 2. The number of hydrogen-bond acceptors (Lipinski definition) is 5. The Hall–Kier alpha value is -2.81. The normalized spacial score (nSPS) is 15.7. The van der Waals surface area contributed by atoms with Crippen LogP contribution in [0.4, 0.5) is 0 Å². The summed E-state index contributed by atoms with van der Waals surface area (Å²) < 4.78 is 7.12. The highest BCUT2D eigenvalue weighted by atomic mass is 35.5. The van der Waals surface area contributed by atoms with Gasteiger partial charge in [-0.3, -0.25) is 15.6 Å². The van der Waals surface area contributed by atoms with Crippen LogP contribution in [0.15, 0.2) is 48.5 Å². The molecular weight excluding hydrogens is 507 g/mol. The first kappa shape index (κ1) is 28.4. The smallest absolute Gasteiger partial charge is 0.311 e. The number of likely N-dealkylation sites (tertiary alicyclic amines) is 1. The minimum atomic E-state index is -0.866. The van der Waals surface area contributed by atoms with E-state index in [0.29, 0.717) is 24.4 Å². The molecule has 1 aliphatic heterocycles. The van der Waals surface area contributed by atoms with Gasteiger partial charge in [-0.05, 0) is 53.8 Å². The Morgan fingerprint density at radius 3 is 2.54 bits per heavy atom. The van der Waals surface area contributed by atoms with Crippen LogP contribution in [0, 0.1) is 10.8 Å². The first-order chi connectivity index (χ1) is 15.8. The van der Waals surface area contributed by atoms with Crippen molar-refractivity contribution in [1.29, 1.82) is 10.8 Å². The number of carboxylic acid groups (broad SMARTS) is 1. The van der Waals surface area contributed by atoms with Gasteiger partial charge in [-0.25, -0.2) is 0 Å². The Labute approximate surface area is 221 Å². The quantitative estimate of drug-likeness (QED) is 0.230. The van der Waals surface area contributed by atoms with Crippen molar-refractivity contribution in [1.82, 2.24) is 4.90 Å². The topological polar surface area (TPSA) is 123 Å². The summed E-state index contributed by atoms with van der Waals surface area (Å²) in [6.07, 6.45) is 2.02. The zero-order valence-corrected chi connectivity index (χ0v) is 21.8. The van der Waals surface area contributed by atoms with E-state index in [1.807, 2.05) is 60.4 Å². The second-order valence-corrected chi connectivity index (χ2v) is 9.49. The SMILES string of the molecule is CCC(=N)N1CC[C@H](Oc2ccc(C(Cc3cc4cc(C(=N)N)ccc4s3)C(=O)O)cc2)C1.Cl.Cl. The van der Waals surface area contributed by atoms with Crippen LogP contribution in [-0.2, 0) is 11.2 Å². The summed E-state index contributed by atoms with van der Waals surface area (Å²) in [5, 5.41) is 26.4. The lowest BCUT2D eigenvalue weighted by atomic mass is 9.95. The van der Waals surface area contributed by atoms with Gasteiger partial charge in [0.15, 0.2) is 0 Å². The summed E-state index contributed by atoms with van der Waals surface area (Å²) in [6, 6.07) is 14.9. The fourth-order valence-electron chi connectivity index (χ4n) is 4.18. The monoisotopic (exact) mass is 536 g/mol. The second-order valence-electron chi connectivity index (χ2n) is 8.32. The number of nitrogens with zero attached hydrogens (tertiary/aromatic N) is 1. The van der Waals surface area contributed by atoms with Crippen molar-refractivity contribution in [3.8, 4) is 5.75 Å². The van der Waals surface area contributed by atoms with Gasteiger partial charge in [0.2, 0.25) is 0 Å². The summed E-state index contributed by atoms with van der Waals surface area (Å²) in [5.74, 6) is -0.151. The molecule has 2 aromatic carbocycles. The molecular formula is C25H30Cl2N4O3S. The number of thiophene rings is 1. The van der Waals surface area contributed by atoms with Crippen molar-refractivity contribution in [2.75, 3.05) is 13.1 Å². The lowest BCUT2D eigenvalue weighted by Gasteiger charge is -2.19. The maximum Gasteiger partial charge on any atom is 0.311 e. The molecule has 1 fully saturated rings. The number of rotatable bonds is 8. The molecule has 2 heterocycles. The van der Waals surface area contributed by atoms with E-state index in [0.717, 1.165) is 45.7 Å². The van der Waals surface area contributed by atoms with Crippen LogP contribution in [0.2, 0.25) is 0 Å². The van der Waals surface area contributed by atoms with Crippen LogP contribution < -0.4 is 10.5 Å². The van der Waals surface area contributed by atoms with Gasteiger partial charge >= 0.3 is 5.97 Å². The van der Waals surface area contributed by atoms with Crippen molar-refractivity contribution >= 4 is 63.9 Å². The number of carboxylic acids is 1. The van der Waals surface area contributed by atoms with Gasteiger partial charge in [-0.2, -0.15) is 0 Å². The van der Waals surface area contributed by atoms with E-state index in [1.54, 1.807) is 11.3 Å². The molecule has 0 radical (unpaired) electrons. The molecule has 0 aliphatic carbocycles. The number of nitrogen functional groups attached to an aromatic ring is 1. The number of hydrogen-bond donors (Lipinski definition) is 4. The maximum absolute atomic E-state index is 12.1.